The lowest BCUT2D eigenvalue weighted by Gasteiger charge is -2.25. The zero-order valence-electron chi connectivity index (χ0n) is 14.1. The van der Waals surface area contributed by atoms with Crippen LogP contribution >= 0.6 is 11.8 Å². The number of aryl methyl sites for hydroxylation is 1. The van der Waals surface area contributed by atoms with Crippen LogP contribution in [0, 0.1) is 12.8 Å². The Bertz CT molecular complexity index is 755. The molecule has 1 unspecified atom stereocenters. The summed E-state index contributed by atoms with van der Waals surface area (Å²) in [6.45, 7) is 1.86. The van der Waals surface area contributed by atoms with Crippen molar-refractivity contribution >= 4 is 33.6 Å². The topological polar surface area (TPSA) is 83.6 Å². The van der Waals surface area contributed by atoms with E-state index in [1.54, 1.807) is 17.0 Å². The molecule has 136 valence electrons. The van der Waals surface area contributed by atoms with Crippen LogP contribution in [0.15, 0.2) is 29.2 Å². The molecule has 1 aliphatic heterocycles. The van der Waals surface area contributed by atoms with Gasteiger partial charge in [0.2, 0.25) is 5.91 Å². The molecule has 0 radical (unpaired) electrons. The number of benzene rings is 1. The van der Waals surface area contributed by atoms with Crippen molar-refractivity contribution in [3.8, 4) is 0 Å². The summed E-state index contributed by atoms with van der Waals surface area (Å²) in [5.74, 6) is 0.195. The highest BCUT2D eigenvalue weighted by atomic mass is 32.2. The molecule has 6 nitrogen and oxygen atoms in total. The first kappa shape index (κ1) is 18.3. The molecule has 2 fully saturated rings. The number of hydrogen-bond acceptors (Lipinski definition) is 5. The van der Waals surface area contributed by atoms with Crippen LogP contribution in [0.4, 0.5) is 0 Å². The van der Waals surface area contributed by atoms with Gasteiger partial charge in [-0.25, -0.2) is 13.1 Å². The third kappa shape index (κ3) is 4.00. The Kier molecular flexibility index (Phi) is 5.38. The molecule has 1 saturated carbocycles. The minimum Gasteiger partial charge on any atom is -0.320 e. The lowest BCUT2D eigenvalue weighted by molar-refractivity contribution is -0.140. The molecule has 3 rings (SSSR count). The number of hydrogen-bond donors (Lipinski definition) is 1. The van der Waals surface area contributed by atoms with Crippen LogP contribution < -0.4 is 4.72 Å². The van der Waals surface area contributed by atoms with Gasteiger partial charge in [-0.2, -0.15) is 0 Å². The molecule has 8 heteroatoms. The Morgan fingerprint density at radius 3 is 2.44 bits per heavy atom. The number of rotatable bonds is 4. The van der Waals surface area contributed by atoms with E-state index in [1.165, 1.54) is 23.9 Å². The van der Waals surface area contributed by atoms with E-state index >= 15 is 0 Å². The summed E-state index contributed by atoms with van der Waals surface area (Å²) in [4.78, 5) is 26.7. The molecule has 25 heavy (non-hydrogen) atoms. The summed E-state index contributed by atoms with van der Waals surface area (Å²) in [6.07, 6.45) is 3.79. The van der Waals surface area contributed by atoms with E-state index in [-0.39, 0.29) is 16.7 Å². The van der Waals surface area contributed by atoms with Crippen LogP contribution in [0.25, 0.3) is 0 Å². The molecule has 1 N–H and O–H groups in total. The Morgan fingerprint density at radius 1 is 1.16 bits per heavy atom. The van der Waals surface area contributed by atoms with Gasteiger partial charge >= 0.3 is 0 Å². The van der Waals surface area contributed by atoms with Crippen LogP contribution in [-0.4, -0.2) is 42.8 Å². The summed E-state index contributed by atoms with van der Waals surface area (Å²) in [5.41, 5.74) is 0.936. The average molecular weight is 383 g/mol. The SMILES string of the molecule is Cc1ccc(S(=O)(=O)NC(=O)C2CSCN2C(=O)C2CCCC2)cc1. The van der Waals surface area contributed by atoms with Gasteiger partial charge < -0.3 is 4.90 Å². The first-order valence-electron chi connectivity index (χ1n) is 8.40. The predicted molar refractivity (Wildman–Crippen MR) is 96.4 cm³/mol. The minimum absolute atomic E-state index is 0.0182. The van der Waals surface area contributed by atoms with E-state index in [9.17, 15) is 18.0 Å². The quantitative estimate of drug-likeness (QED) is 0.860. The maximum atomic E-state index is 12.6. The molecular formula is C17H22N2O4S2. The Hall–Kier alpha value is -1.54. The molecule has 1 aromatic carbocycles. The fourth-order valence-electron chi connectivity index (χ4n) is 3.26. The van der Waals surface area contributed by atoms with E-state index in [0.29, 0.717) is 11.6 Å². The normalized spacial score (nSPS) is 21.5. The summed E-state index contributed by atoms with van der Waals surface area (Å²) >= 11 is 1.48. The lowest BCUT2D eigenvalue weighted by Crippen LogP contribution is -2.50. The smallest absolute Gasteiger partial charge is 0.264 e. The van der Waals surface area contributed by atoms with Crippen molar-refractivity contribution in [3.05, 3.63) is 29.8 Å². The molecule has 1 saturated heterocycles. The molecule has 2 aliphatic rings. The van der Waals surface area contributed by atoms with Gasteiger partial charge in [0.05, 0.1) is 10.8 Å². The van der Waals surface area contributed by atoms with Gasteiger partial charge in [-0.3, -0.25) is 9.59 Å². The lowest BCUT2D eigenvalue weighted by atomic mass is 10.1. The maximum Gasteiger partial charge on any atom is 0.264 e. The Balaban J connectivity index is 1.71. The largest absolute Gasteiger partial charge is 0.320 e. The Labute approximate surface area is 152 Å². The van der Waals surface area contributed by atoms with Crippen molar-refractivity contribution in [2.24, 2.45) is 5.92 Å². The highest BCUT2D eigenvalue weighted by Crippen LogP contribution is 2.31. The second-order valence-electron chi connectivity index (χ2n) is 6.59. The fraction of sp³-hybridized carbons (Fsp3) is 0.529. The van der Waals surface area contributed by atoms with Crippen molar-refractivity contribution < 1.29 is 18.0 Å². The number of thioether (sulfide) groups is 1. The van der Waals surface area contributed by atoms with Crippen molar-refractivity contribution in [3.63, 3.8) is 0 Å². The van der Waals surface area contributed by atoms with Crippen LogP contribution in [0.2, 0.25) is 0 Å². The third-order valence-corrected chi connectivity index (χ3v) is 7.11. The zero-order chi connectivity index (χ0) is 18.0. The minimum atomic E-state index is -3.93. The van der Waals surface area contributed by atoms with Gasteiger partial charge in [-0.15, -0.1) is 11.8 Å². The van der Waals surface area contributed by atoms with Crippen molar-refractivity contribution in [1.82, 2.24) is 9.62 Å². The monoisotopic (exact) mass is 382 g/mol. The zero-order valence-corrected chi connectivity index (χ0v) is 15.7. The molecule has 1 heterocycles. The average Bonchev–Trinajstić information content (AvgIpc) is 3.26. The summed E-state index contributed by atoms with van der Waals surface area (Å²) < 4.78 is 26.9. The van der Waals surface area contributed by atoms with Crippen molar-refractivity contribution in [2.45, 2.75) is 43.5 Å². The number of carbonyl (C=O) groups is 2. The third-order valence-electron chi connectivity index (χ3n) is 4.74. The number of amides is 2. The van der Waals surface area contributed by atoms with Crippen LogP contribution in [-0.2, 0) is 19.6 Å². The van der Waals surface area contributed by atoms with E-state index in [2.05, 4.69) is 4.72 Å². The second kappa shape index (κ2) is 7.37. The molecule has 2 amide bonds. The van der Waals surface area contributed by atoms with Crippen molar-refractivity contribution in [2.75, 3.05) is 11.6 Å². The number of nitrogens with one attached hydrogen (secondary N) is 1. The summed E-state index contributed by atoms with van der Waals surface area (Å²) in [5, 5.41) is 0. The second-order valence-corrected chi connectivity index (χ2v) is 9.27. The van der Waals surface area contributed by atoms with Gasteiger partial charge in [-0.05, 0) is 31.9 Å². The van der Waals surface area contributed by atoms with Crippen LogP contribution in [0.3, 0.4) is 0 Å². The first-order chi connectivity index (χ1) is 11.9. The van der Waals surface area contributed by atoms with Gasteiger partial charge in [0, 0.05) is 11.7 Å². The van der Waals surface area contributed by atoms with Gasteiger partial charge in [0.25, 0.3) is 15.9 Å². The van der Waals surface area contributed by atoms with Gasteiger partial charge in [-0.1, -0.05) is 30.5 Å². The summed E-state index contributed by atoms with van der Waals surface area (Å²) in [6, 6.07) is 5.57. The van der Waals surface area contributed by atoms with E-state index in [1.807, 2.05) is 6.92 Å². The number of carbonyl (C=O) groups excluding carboxylic acids is 2. The molecule has 0 aromatic heterocycles. The van der Waals surface area contributed by atoms with Gasteiger partial charge in [0.15, 0.2) is 0 Å². The number of sulfonamides is 1. The molecule has 0 spiro atoms. The van der Waals surface area contributed by atoms with E-state index in [4.69, 9.17) is 0 Å². The van der Waals surface area contributed by atoms with E-state index < -0.39 is 22.0 Å². The van der Waals surface area contributed by atoms with Crippen molar-refractivity contribution in [1.29, 1.82) is 0 Å². The predicted octanol–water partition coefficient (Wildman–Crippen LogP) is 1.89. The van der Waals surface area contributed by atoms with E-state index in [0.717, 1.165) is 31.2 Å². The Morgan fingerprint density at radius 2 is 1.80 bits per heavy atom. The summed E-state index contributed by atoms with van der Waals surface area (Å²) in [7, 11) is -3.93. The molecule has 1 aromatic rings. The fourth-order valence-corrected chi connectivity index (χ4v) is 5.44. The molecule has 1 aliphatic carbocycles. The standard InChI is InChI=1S/C17H22N2O4S2/c1-12-6-8-14(9-7-12)25(22,23)18-16(20)15-10-24-11-19(15)17(21)13-4-2-3-5-13/h6-9,13,15H,2-5,10-11H2,1H3,(H,18,20). The maximum absolute atomic E-state index is 12.6. The van der Waals surface area contributed by atoms with Gasteiger partial charge in [0.1, 0.15) is 6.04 Å². The molecule has 0 bridgehead atoms. The molecular weight excluding hydrogens is 360 g/mol. The highest BCUT2D eigenvalue weighted by Gasteiger charge is 2.39. The van der Waals surface area contributed by atoms with Crippen LogP contribution in [0.1, 0.15) is 31.2 Å². The molecule has 1 atom stereocenters. The highest BCUT2D eigenvalue weighted by molar-refractivity contribution is 7.99. The first-order valence-corrected chi connectivity index (χ1v) is 11.0. The number of nitrogens with zero attached hydrogens (tertiary/aromatic N) is 1. The van der Waals surface area contributed by atoms with Crippen LogP contribution in [0.5, 0.6) is 0 Å².